The summed E-state index contributed by atoms with van der Waals surface area (Å²) in [5.74, 6) is 6.37. The molecule has 0 aliphatic rings. The number of aromatic nitrogens is 2. The van der Waals surface area contributed by atoms with Crippen molar-refractivity contribution in [3.05, 3.63) is 38.9 Å². The lowest BCUT2D eigenvalue weighted by atomic mass is 10.3. The molecule has 0 saturated heterocycles. The molecule has 5 nitrogen and oxygen atoms in total. The van der Waals surface area contributed by atoms with E-state index in [9.17, 15) is 0 Å². The van der Waals surface area contributed by atoms with Gasteiger partial charge in [0.05, 0.1) is 5.69 Å². The minimum atomic E-state index is 0.370. The Morgan fingerprint density at radius 2 is 2.06 bits per heavy atom. The summed E-state index contributed by atoms with van der Waals surface area (Å²) in [6.45, 7) is 1.93. The van der Waals surface area contributed by atoms with E-state index in [4.69, 9.17) is 5.84 Å². The Hall–Kier alpha value is -1.18. The summed E-state index contributed by atoms with van der Waals surface area (Å²) < 4.78 is 1.93. The highest BCUT2D eigenvalue weighted by molar-refractivity contribution is 9.11. The fraction of sp³-hybridized carbons (Fsp3) is 0.0909. The van der Waals surface area contributed by atoms with E-state index in [0.29, 0.717) is 11.8 Å². The van der Waals surface area contributed by atoms with Gasteiger partial charge in [0, 0.05) is 20.7 Å². The highest BCUT2D eigenvalue weighted by atomic mass is 79.9. The third kappa shape index (κ3) is 2.98. The van der Waals surface area contributed by atoms with E-state index < -0.39 is 0 Å². The van der Waals surface area contributed by atoms with Crippen LogP contribution in [0.15, 0.2) is 33.3 Å². The molecule has 94 valence electrons. The maximum Gasteiger partial charge on any atom is 0.239 e. The van der Waals surface area contributed by atoms with Crippen LogP contribution in [0.3, 0.4) is 0 Å². The summed E-state index contributed by atoms with van der Waals surface area (Å²) in [6, 6.07) is 5.86. The summed E-state index contributed by atoms with van der Waals surface area (Å²) in [6.07, 6.45) is 1.70. The van der Waals surface area contributed by atoms with Gasteiger partial charge in [-0.3, -0.25) is 5.43 Å². The lowest BCUT2D eigenvalue weighted by Gasteiger charge is -2.11. The van der Waals surface area contributed by atoms with Crippen molar-refractivity contribution in [3.8, 4) is 0 Å². The second-order valence-electron chi connectivity index (χ2n) is 3.62. The molecule has 0 radical (unpaired) electrons. The topological polar surface area (TPSA) is 75.9 Å². The Bertz CT molecular complexity index is 573. The van der Waals surface area contributed by atoms with Crippen LogP contribution >= 0.6 is 31.9 Å². The Labute approximate surface area is 121 Å². The second-order valence-corrected chi connectivity index (χ2v) is 5.39. The number of nitrogen functional groups attached to an aromatic ring is 1. The van der Waals surface area contributed by atoms with E-state index in [2.05, 4.69) is 52.6 Å². The molecule has 7 heteroatoms. The minimum Gasteiger partial charge on any atom is -0.339 e. The largest absolute Gasteiger partial charge is 0.339 e. The van der Waals surface area contributed by atoms with Crippen molar-refractivity contribution in [2.75, 3.05) is 10.7 Å². The molecule has 0 aliphatic carbocycles. The maximum absolute atomic E-state index is 5.30. The van der Waals surface area contributed by atoms with Gasteiger partial charge in [0.15, 0.2) is 0 Å². The third-order valence-corrected chi connectivity index (χ3v) is 3.47. The van der Waals surface area contributed by atoms with Gasteiger partial charge < -0.3 is 5.32 Å². The Morgan fingerprint density at radius 1 is 1.28 bits per heavy atom. The molecule has 0 spiro atoms. The molecule has 2 aromatic rings. The van der Waals surface area contributed by atoms with Crippen LogP contribution in [0.1, 0.15) is 5.56 Å². The normalized spacial score (nSPS) is 10.2. The van der Waals surface area contributed by atoms with Crippen LogP contribution in [0.25, 0.3) is 0 Å². The van der Waals surface area contributed by atoms with Gasteiger partial charge in [-0.15, -0.1) is 0 Å². The van der Waals surface area contributed by atoms with Crippen LogP contribution in [0, 0.1) is 6.92 Å². The molecule has 0 fully saturated rings. The number of anilines is 3. The highest BCUT2D eigenvalue weighted by Gasteiger charge is 2.06. The monoisotopic (exact) mass is 371 g/mol. The molecule has 0 aliphatic heterocycles. The number of benzene rings is 1. The predicted molar refractivity (Wildman–Crippen MR) is 79.7 cm³/mol. The first kappa shape index (κ1) is 13.3. The number of rotatable bonds is 3. The van der Waals surface area contributed by atoms with Crippen LogP contribution in [-0.4, -0.2) is 9.97 Å². The van der Waals surface area contributed by atoms with E-state index in [0.717, 1.165) is 20.2 Å². The van der Waals surface area contributed by atoms with Crippen LogP contribution in [0.5, 0.6) is 0 Å². The molecule has 1 heterocycles. The summed E-state index contributed by atoms with van der Waals surface area (Å²) in [5.41, 5.74) is 4.27. The number of aryl methyl sites for hydroxylation is 1. The molecular weight excluding hydrogens is 362 g/mol. The van der Waals surface area contributed by atoms with Crippen LogP contribution in [0.2, 0.25) is 0 Å². The fourth-order valence-corrected chi connectivity index (χ4v) is 2.07. The van der Waals surface area contributed by atoms with E-state index in [-0.39, 0.29) is 0 Å². The summed E-state index contributed by atoms with van der Waals surface area (Å²) in [4.78, 5) is 8.29. The smallest absolute Gasteiger partial charge is 0.239 e. The number of nitrogens with two attached hydrogens (primary N) is 1. The highest BCUT2D eigenvalue weighted by Crippen LogP contribution is 2.29. The Kier molecular flexibility index (Phi) is 4.15. The quantitative estimate of drug-likeness (QED) is 0.569. The number of hydrazine groups is 1. The third-order valence-electron chi connectivity index (χ3n) is 2.28. The maximum atomic E-state index is 5.30. The average Bonchev–Trinajstić information content (AvgIpc) is 2.36. The first-order chi connectivity index (χ1) is 8.60. The van der Waals surface area contributed by atoms with Gasteiger partial charge >= 0.3 is 0 Å². The standard InChI is InChI=1S/C11H11Br2N5/c1-6-5-15-11(18-14)17-10(6)16-9-4-7(12)2-3-8(9)13/h2-5H,14H2,1H3,(H2,15,16,17,18). The molecule has 4 N–H and O–H groups in total. The zero-order chi connectivity index (χ0) is 13.1. The lowest BCUT2D eigenvalue weighted by Crippen LogP contribution is -2.11. The molecular formula is C11H11Br2N5. The van der Waals surface area contributed by atoms with Crippen LogP contribution in [0.4, 0.5) is 17.5 Å². The summed E-state index contributed by atoms with van der Waals surface area (Å²) in [7, 11) is 0. The number of hydrogen-bond acceptors (Lipinski definition) is 5. The minimum absolute atomic E-state index is 0.370. The van der Waals surface area contributed by atoms with Crippen LogP contribution < -0.4 is 16.6 Å². The van der Waals surface area contributed by atoms with Crippen molar-refractivity contribution in [2.45, 2.75) is 6.92 Å². The first-order valence-electron chi connectivity index (χ1n) is 5.12. The zero-order valence-corrected chi connectivity index (χ0v) is 12.7. The van der Waals surface area contributed by atoms with Gasteiger partial charge in [-0.2, -0.15) is 4.98 Å². The van der Waals surface area contributed by atoms with Gasteiger partial charge in [-0.05, 0) is 41.1 Å². The van der Waals surface area contributed by atoms with Gasteiger partial charge in [0.25, 0.3) is 0 Å². The molecule has 0 unspecified atom stereocenters. The Balaban J connectivity index is 2.36. The average molecular weight is 373 g/mol. The number of halogens is 2. The van der Waals surface area contributed by atoms with E-state index in [1.54, 1.807) is 6.20 Å². The van der Waals surface area contributed by atoms with Gasteiger partial charge in [0.2, 0.25) is 5.95 Å². The molecule has 18 heavy (non-hydrogen) atoms. The molecule has 1 aromatic carbocycles. The molecule has 0 amide bonds. The number of nitrogens with zero attached hydrogens (tertiary/aromatic N) is 2. The second kappa shape index (κ2) is 5.64. The van der Waals surface area contributed by atoms with Crippen molar-refractivity contribution in [1.82, 2.24) is 9.97 Å². The van der Waals surface area contributed by atoms with Crippen LogP contribution in [-0.2, 0) is 0 Å². The number of nitrogens with one attached hydrogen (secondary N) is 2. The number of hydrogen-bond donors (Lipinski definition) is 3. The van der Waals surface area contributed by atoms with Crippen molar-refractivity contribution in [2.24, 2.45) is 5.84 Å². The van der Waals surface area contributed by atoms with Crippen molar-refractivity contribution in [3.63, 3.8) is 0 Å². The molecule has 1 aromatic heterocycles. The summed E-state index contributed by atoms with van der Waals surface area (Å²) >= 11 is 6.91. The fourth-order valence-electron chi connectivity index (χ4n) is 1.36. The van der Waals surface area contributed by atoms with Crippen molar-refractivity contribution in [1.29, 1.82) is 0 Å². The lowest BCUT2D eigenvalue weighted by molar-refractivity contribution is 1.09. The summed E-state index contributed by atoms with van der Waals surface area (Å²) in [5, 5.41) is 3.23. The van der Waals surface area contributed by atoms with Crippen molar-refractivity contribution < 1.29 is 0 Å². The molecule has 0 saturated carbocycles. The van der Waals surface area contributed by atoms with Gasteiger partial charge in [0.1, 0.15) is 5.82 Å². The van der Waals surface area contributed by atoms with E-state index in [1.165, 1.54) is 0 Å². The first-order valence-corrected chi connectivity index (χ1v) is 6.71. The van der Waals surface area contributed by atoms with Gasteiger partial charge in [-0.1, -0.05) is 15.9 Å². The SMILES string of the molecule is Cc1cnc(NN)nc1Nc1cc(Br)ccc1Br. The Morgan fingerprint density at radius 3 is 2.78 bits per heavy atom. The zero-order valence-electron chi connectivity index (χ0n) is 9.54. The molecule has 0 bridgehead atoms. The molecule has 0 atom stereocenters. The van der Waals surface area contributed by atoms with Crippen molar-refractivity contribution >= 4 is 49.3 Å². The molecule has 2 rings (SSSR count). The van der Waals surface area contributed by atoms with Gasteiger partial charge in [-0.25, -0.2) is 10.8 Å². The van der Waals surface area contributed by atoms with E-state index >= 15 is 0 Å². The predicted octanol–water partition coefficient (Wildman–Crippen LogP) is 3.34. The van der Waals surface area contributed by atoms with E-state index in [1.807, 2.05) is 25.1 Å².